The Kier molecular flexibility index (Phi) is 6.10. The Morgan fingerprint density at radius 2 is 1.69 bits per heavy atom. The molecule has 0 spiro atoms. The number of aromatic nitrogens is 2. The van der Waals surface area contributed by atoms with Crippen molar-refractivity contribution in [3.63, 3.8) is 0 Å². The van der Waals surface area contributed by atoms with Crippen molar-refractivity contribution in [2.75, 3.05) is 6.61 Å². The lowest BCUT2D eigenvalue weighted by Gasteiger charge is -2.27. The molecule has 164 valence electrons. The minimum atomic E-state index is -1.94. The number of non-ortho nitro benzene ring substituents is 1. The van der Waals surface area contributed by atoms with Gasteiger partial charge in [-0.2, -0.15) is 9.78 Å². The first-order valence-corrected chi connectivity index (χ1v) is 9.46. The highest BCUT2D eigenvalue weighted by Crippen LogP contribution is 2.37. The number of ether oxygens (including phenoxy) is 1. The molecule has 32 heavy (non-hydrogen) atoms. The fourth-order valence-corrected chi connectivity index (χ4v) is 3.36. The van der Waals surface area contributed by atoms with Crippen LogP contribution in [0.4, 0.5) is 11.4 Å². The second-order valence-corrected chi connectivity index (χ2v) is 6.86. The minimum absolute atomic E-state index is 0.0485. The van der Waals surface area contributed by atoms with Gasteiger partial charge < -0.3 is 4.74 Å². The monoisotopic (exact) mass is 438 g/mol. The lowest BCUT2D eigenvalue weighted by Crippen LogP contribution is -2.43. The van der Waals surface area contributed by atoms with Gasteiger partial charge in [-0.1, -0.05) is 30.3 Å². The summed E-state index contributed by atoms with van der Waals surface area (Å²) in [5.41, 5.74) is -3.75. The van der Waals surface area contributed by atoms with Gasteiger partial charge in [-0.15, -0.1) is 0 Å². The predicted octanol–water partition coefficient (Wildman–Crippen LogP) is 2.92. The van der Waals surface area contributed by atoms with E-state index in [1.807, 2.05) is 0 Å². The highest BCUT2D eigenvalue weighted by atomic mass is 16.6. The number of nitrogens with zero attached hydrogens (tertiary/aromatic N) is 4. The third kappa shape index (κ3) is 3.83. The summed E-state index contributed by atoms with van der Waals surface area (Å²) in [5, 5.41) is 26.7. The summed E-state index contributed by atoms with van der Waals surface area (Å²) < 4.78 is 6.11. The zero-order valence-electron chi connectivity index (χ0n) is 17.1. The number of nitro groups is 2. The lowest BCUT2D eigenvalue weighted by atomic mass is 9.76. The smallest absolute Gasteiger partial charge is 0.321 e. The van der Waals surface area contributed by atoms with Crippen LogP contribution < -0.4 is 5.56 Å². The molecular weight excluding hydrogens is 420 g/mol. The molecule has 0 aliphatic rings. The molecule has 11 heteroatoms. The standard InChI is InChI=1S/C21H18N4O7/c1-3-32-20(27)21(2,14-9-11-16(12-10-14)24(28)29)18-17(25(30)31)13-22-23(19(18)26)15-7-5-4-6-8-15/h4-13H,3H2,1-2H3. The van der Waals surface area contributed by atoms with Crippen LogP contribution in [-0.4, -0.2) is 32.2 Å². The number of hydrogen-bond donors (Lipinski definition) is 0. The first-order chi connectivity index (χ1) is 15.2. The van der Waals surface area contributed by atoms with Crippen LogP contribution in [0.1, 0.15) is 25.0 Å². The topological polar surface area (TPSA) is 147 Å². The van der Waals surface area contributed by atoms with Crippen molar-refractivity contribution in [1.29, 1.82) is 0 Å². The second-order valence-electron chi connectivity index (χ2n) is 6.86. The molecule has 1 atom stereocenters. The molecule has 0 radical (unpaired) electrons. The number of benzene rings is 2. The Morgan fingerprint density at radius 3 is 2.22 bits per heavy atom. The molecule has 0 saturated carbocycles. The Labute approximate surface area is 181 Å². The normalized spacial score (nSPS) is 12.6. The van der Waals surface area contributed by atoms with Crippen molar-refractivity contribution in [2.24, 2.45) is 0 Å². The fourth-order valence-electron chi connectivity index (χ4n) is 3.36. The van der Waals surface area contributed by atoms with Crippen molar-refractivity contribution in [3.05, 3.63) is 103 Å². The van der Waals surface area contributed by atoms with Crippen LogP contribution in [0.25, 0.3) is 5.69 Å². The van der Waals surface area contributed by atoms with E-state index in [9.17, 15) is 29.8 Å². The van der Waals surface area contributed by atoms with E-state index in [0.29, 0.717) is 5.69 Å². The summed E-state index contributed by atoms with van der Waals surface area (Å²) in [7, 11) is 0. The molecular formula is C21H18N4O7. The Hall–Kier alpha value is -4.41. The van der Waals surface area contributed by atoms with Crippen molar-refractivity contribution >= 4 is 17.3 Å². The van der Waals surface area contributed by atoms with Crippen molar-refractivity contribution in [2.45, 2.75) is 19.3 Å². The van der Waals surface area contributed by atoms with Crippen LogP contribution in [0.15, 0.2) is 65.6 Å². The van der Waals surface area contributed by atoms with E-state index >= 15 is 0 Å². The molecule has 3 rings (SSSR count). The highest BCUT2D eigenvalue weighted by molar-refractivity contribution is 5.88. The first-order valence-electron chi connectivity index (χ1n) is 9.46. The van der Waals surface area contributed by atoms with Crippen molar-refractivity contribution < 1.29 is 19.4 Å². The van der Waals surface area contributed by atoms with E-state index in [2.05, 4.69) is 5.10 Å². The Morgan fingerprint density at radius 1 is 1.06 bits per heavy atom. The van der Waals surface area contributed by atoms with Crippen LogP contribution in [0.2, 0.25) is 0 Å². The van der Waals surface area contributed by atoms with Gasteiger partial charge in [0.1, 0.15) is 17.2 Å². The van der Waals surface area contributed by atoms with Gasteiger partial charge in [0, 0.05) is 12.1 Å². The zero-order chi connectivity index (χ0) is 23.5. The lowest BCUT2D eigenvalue weighted by molar-refractivity contribution is -0.386. The van der Waals surface area contributed by atoms with E-state index < -0.39 is 38.0 Å². The van der Waals surface area contributed by atoms with Crippen LogP contribution in [-0.2, 0) is 14.9 Å². The van der Waals surface area contributed by atoms with Gasteiger partial charge in [0.05, 0.1) is 22.1 Å². The number of carbonyl (C=O) groups excluding carboxylic acids is 1. The largest absolute Gasteiger partial charge is 0.465 e. The van der Waals surface area contributed by atoms with E-state index in [0.717, 1.165) is 23.0 Å². The van der Waals surface area contributed by atoms with Crippen molar-refractivity contribution in [3.8, 4) is 5.69 Å². The summed E-state index contributed by atoms with van der Waals surface area (Å²) in [5.74, 6) is -0.917. The minimum Gasteiger partial charge on any atom is -0.465 e. The van der Waals surface area contributed by atoms with E-state index in [1.165, 1.54) is 19.1 Å². The van der Waals surface area contributed by atoms with Gasteiger partial charge in [0.2, 0.25) is 0 Å². The SMILES string of the molecule is CCOC(=O)C(C)(c1ccc([N+](=O)[O-])cc1)c1c([N+](=O)[O-])cnn(-c2ccccc2)c1=O. The third-order valence-electron chi connectivity index (χ3n) is 4.99. The molecule has 11 nitrogen and oxygen atoms in total. The maximum absolute atomic E-state index is 13.5. The van der Waals surface area contributed by atoms with Crippen molar-refractivity contribution in [1.82, 2.24) is 9.78 Å². The zero-order valence-corrected chi connectivity index (χ0v) is 17.1. The number of nitro benzene ring substituents is 1. The molecule has 3 aromatic rings. The molecule has 1 unspecified atom stereocenters. The number of rotatable bonds is 7. The summed E-state index contributed by atoms with van der Waals surface area (Å²) >= 11 is 0. The average Bonchev–Trinajstić information content (AvgIpc) is 2.79. The second kappa shape index (κ2) is 8.76. The maximum Gasteiger partial charge on any atom is 0.321 e. The van der Waals surface area contributed by atoms with E-state index in [-0.39, 0.29) is 17.9 Å². The summed E-state index contributed by atoms with van der Waals surface area (Å²) in [6, 6.07) is 13.0. The average molecular weight is 438 g/mol. The van der Waals surface area contributed by atoms with E-state index in [4.69, 9.17) is 4.74 Å². The van der Waals surface area contributed by atoms with Gasteiger partial charge in [0.15, 0.2) is 0 Å². The maximum atomic E-state index is 13.5. The quantitative estimate of drug-likeness (QED) is 0.311. The molecule has 1 heterocycles. The number of carbonyl (C=O) groups is 1. The summed E-state index contributed by atoms with van der Waals surface area (Å²) in [6.45, 7) is 2.82. The van der Waals surface area contributed by atoms with Crippen LogP contribution >= 0.6 is 0 Å². The fraction of sp³-hybridized carbons (Fsp3) is 0.190. The van der Waals surface area contributed by atoms with Gasteiger partial charge in [-0.25, -0.2) is 0 Å². The van der Waals surface area contributed by atoms with Gasteiger partial charge >= 0.3 is 5.97 Å². The molecule has 0 bridgehead atoms. The molecule has 0 amide bonds. The van der Waals surface area contributed by atoms with Crippen LogP contribution in [0.5, 0.6) is 0 Å². The number of hydrogen-bond acceptors (Lipinski definition) is 8. The highest BCUT2D eigenvalue weighted by Gasteiger charge is 2.47. The van der Waals surface area contributed by atoms with Crippen LogP contribution in [0.3, 0.4) is 0 Å². The van der Waals surface area contributed by atoms with Crippen LogP contribution in [0, 0.1) is 20.2 Å². The molecule has 2 aromatic carbocycles. The Bertz CT molecular complexity index is 1240. The summed E-state index contributed by atoms with van der Waals surface area (Å²) in [4.78, 5) is 48.0. The molecule has 0 fully saturated rings. The van der Waals surface area contributed by atoms with Gasteiger partial charge in [-0.3, -0.25) is 29.8 Å². The Balaban J connectivity index is 2.37. The number of esters is 1. The summed E-state index contributed by atoms with van der Waals surface area (Å²) in [6.07, 6.45) is 0.895. The first kappa shape index (κ1) is 22.3. The molecule has 0 aliphatic carbocycles. The van der Waals surface area contributed by atoms with E-state index in [1.54, 1.807) is 37.3 Å². The molecule has 0 N–H and O–H groups in total. The van der Waals surface area contributed by atoms with Gasteiger partial charge in [-0.05, 0) is 31.5 Å². The predicted molar refractivity (Wildman–Crippen MR) is 113 cm³/mol. The molecule has 1 aromatic heterocycles. The van der Waals surface area contributed by atoms with Gasteiger partial charge in [0.25, 0.3) is 16.9 Å². The number of para-hydroxylation sites is 1. The molecule has 0 saturated heterocycles. The third-order valence-corrected chi connectivity index (χ3v) is 4.99. The molecule has 0 aliphatic heterocycles.